The van der Waals surface area contributed by atoms with E-state index >= 15 is 0 Å². The van der Waals surface area contributed by atoms with Crippen LogP contribution in [0.5, 0.6) is 0 Å². The summed E-state index contributed by atoms with van der Waals surface area (Å²) in [7, 11) is -3.26. The van der Waals surface area contributed by atoms with Crippen molar-refractivity contribution in [1.82, 2.24) is 0 Å². The van der Waals surface area contributed by atoms with Crippen molar-refractivity contribution in [2.75, 3.05) is 0 Å². The highest BCUT2D eigenvalue weighted by atomic mass is 79.9. The Labute approximate surface area is 104 Å². The van der Waals surface area contributed by atoms with Crippen LogP contribution < -0.4 is 5.73 Å². The maximum atomic E-state index is 12.3. The van der Waals surface area contributed by atoms with Crippen molar-refractivity contribution in [2.45, 2.75) is 36.0 Å². The van der Waals surface area contributed by atoms with Crippen LogP contribution >= 0.6 is 15.9 Å². The van der Waals surface area contributed by atoms with Crippen molar-refractivity contribution in [3.05, 3.63) is 28.2 Å². The molecule has 0 amide bonds. The predicted molar refractivity (Wildman–Crippen MR) is 67.0 cm³/mol. The second-order valence-corrected chi connectivity index (χ2v) is 7.01. The first-order valence-electron chi connectivity index (χ1n) is 5.28. The van der Waals surface area contributed by atoms with Gasteiger partial charge < -0.3 is 5.73 Å². The fraction of sp³-hybridized carbons (Fsp3) is 0.455. The topological polar surface area (TPSA) is 60.2 Å². The van der Waals surface area contributed by atoms with Gasteiger partial charge in [-0.15, -0.1) is 0 Å². The molecule has 1 aliphatic heterocycles. The van der Waals surface area contributed by atoms with E-state index in [-0.39, 0.29) is 0 Å². The van der Waals surface area contributed by atoms with Crippen molar-refractivity contribution >= 4 is 25.8 Å². The average Bonchev–Trinajstić information content (AvgIpc) is 2.41. The zero-order chi connectivity index (χ0) is 11.9. The molecule has 0 fully saturated rings. The number of rotatable bonds is 2. The third kappa shape index (κ3) is 1.61. The predicted octanol–water partition coefficient (Wildman–Crippen LogP) is 2.40. The van der Waals surface area contributed by atoms with Gasteiger partial charge >= 0.3 is 0 Å². The Bertz CT molecular complexity index is 513. The zero-order valence-corrected chi connectivity index (χ0v) is 11.4. The maximum Gasteiger partial charge on any atom is 0.184 e. The fourth-order valence-corrected chi connectivity index (χ4v) is 5.56. The Morgan fingerprint density at radius 3 is 2.69 bits per heavy atom. The van der Waals surface area contributed by atoms with Crippen LogP contribution in [0, 0.1) is 0 Å². The molecule has 0 saturated carbocycles. The molecule has 0 bridgehead atoms. The third-order valence-corrected chi connectivity index (χ3v) is 6.29. The Balaban J connectivity index is 2.63. The van der Waals surface area contributed by atoms with Crippen LogP contribution in [-0.2, 0) is 9.84 Å². The van der Waals surface area contributed by atoms with Gasteiger partial charge in [0.2, 0.25) is 0 Å². The van der Waals surface area contributed by atoms with Gasteiger partial charge in [-0.25, -0.2) is 8.42 Å². The summed E-state index contributed by atoms with van der Waals surface area (Å²) in [6, 6.07) is 4.99. The minimum atomic E-state index is -3.26. The largest absolute Gasteiger partial charge is 0.323 e. The average molecular weight is 304 g/mol. The second kappa shape index (κ2) is 4.13. The highest BCUT2D eigenvalue weighted by molar-refractivity contribution is 9.10. The van der Waals surface area contributed by atoms with Gasteiger partial charge in [0.05, 0.1) is 10.1 Å². The van der Waals surface area contributed by atoms with Gasteiger partial charge in [0.15, 0.2) is 9.84 Å². The number of fused-ring (bicyclic) bond motifs is 1. The van der Waals surface area contributed by atoms with E-state index in [1.165, 1.54) is 0 Å². The molecule has 5 heteroatoms. The van der Waals surface area contributed by atoms with Crippen LogP contribution in [0.25, 0.3) is 0 Å². The lowest BCUT2D eigenvalue weighted by molar-refractivity contribution is 0.555. The number of nitrogens with two attached hydrogens (primary N) is 1. The summed E-state index contributed by atoms with van der Waals surface area (Å²) in [6.45, 7) is 1.97. The van der Waals surface area contributed by atoms with Gasteiger partial charge in [0, 0.05) is 10.5 Å². The molecule has 88 valence electrons. The summed E-state index contributed by atoms with van der Waals surface area (Å²) in [4.78, 5) is 0.390. The summed E-state index contributed by atoms with van der Waals surface area (Å²) < 4.78 is 25.2. The van der Waals surface area contributed by atoms with Gasteiger partial charge in [0.25, 0.3) is 0 Å². The third-order valence-electron chi connectivity index (χ3n) is 3.01. The Morgan fingerprint density at radius 1 is 1.44 bits per heavy atom. The van der Waals surface area contributed by atoms with Crippen LogP contribution in [-0.4, -0.2) is 13.7 Å². The van der Waals surface area contributed by atoms with Crippen LogP contribution in [0.1, 0.15) is 31.4 Å². The Hall–Kier alpha value is -0.390. The molecule has 1 aromatic rings. The van der Waals surface area contributed by atoms with Crippen LogP contribution in [0.2, 0.25) is 0 Å². The normalized spacial score (nSPS) is 26.7. The van der Waals surface area contributed by atoms with E-state index in [4.69, 9.17) is 5.73 Å². The number of halogens is 1. The first-order chi connectivity index (χ1) is 7.50. The van der Waals surface area contributed by atoms with Gasteiger partial charge in [-0.1, -0.05) is 25.5 Å². The smallest absolute Gasteiger partial charge is 0.184 e. The molecule has 16 heavy (non-hydrogen) atoms. The summed E-state index contributed by atoms with van der Waals surface area (Å²) >= 11 is 3.29. The van der Waals surface area contributed by atoms with Gasteiger partial charge in [-0.05, 0) is 34.0 Å². The van der Waals surface area contributed by atoms with Crippen molar-refractivity contribution in [3.63, 3.8) is 0 Å². The highest BCUT2D eigenvalue weighted by Gasteiger charge is 2.43. The molecule has 0 saturated heterocycles. The lowest BCUT2D eigenvalue weighted by Gasteiger charge is -2.13. The standard InChI is InChI=1S/C11H14BrNO2S/c1-2-4-9-10(13)7-5-3-6-8(12)11(7)16(9,14)15/h3,5-6,9-10H,2,4,13H2,1H3. The van der Waals surface area contributed by atoms with E-state index in [0.29, 0.717) is 15.8 Å². The molecule has 2 unspecified atom stereocenters. The van der Waals surface area contributed by atoms with Crippen molar-refractivity contribution in [2.24, 2.45) is 5.73 Å². The van der Waals surface area contributed by atoms with Gasteiger partial charge in [-0.2, -0.15) is 0 Å². The molecule has 0 spiro atoms. The van der Waals surface area contributed by atoms with Crippen LogP contribution in [0.15, 0.2) is 27.6 Å². The molecule has 2 rings (SSSR count). The zero-order valence-electron chi connectivity index (χ0n) is 8.98. The van der Waals surface area contributed by atoms with Gasteiger partial charge in [0.1, 0.15) is 0 Å². The number of sulfone groups is 1. The maximum absolute atomic E-state index is 12.3. The van der Waals surface area contributed by atoms with E-state index in [0.717, 1.165) is 12.0 Å². The summed E-state index contributed by atoms with van der Waals surface area (Å²) in [5, 5.41) is -0.466. The molecule has 3 nitrogen and oxygen atoms in total. The minimum absolute atomic E-state index is 0.390. The molecule has 1 aromatic carbocycles. The Kier molecular flexibility index (Phi) is 3.11. The highest BCUT2D eigenvalue weighted by Crippen LogP contribution is 2.42. The fourth-order valence-electron chi connectivity index (χ4n) is 2.25. The van der Waals surface area contributed by atoms with E-state index in [1.54, 1.807) is 12.1 Å². The van der Waals surface area contributed by atoms with Crippen molar-refractivity contribution in [3.8, 4) is 0 Å². The number of benzene rings is 1. The molecule has 0 radical (unpaired) electrons. The molecule has 0 aliphatic carbocycles. The molecule has 1 aliphatic rings. The van der Waals surface area contributed by atoms with Crippen molar-refractivity contribution in [1.29, 1.82) is 0 Å². The van der Waals surface area contributed by atoms with Crippen LogP contribution in [0.4, 0.5) is 0 Å². The van der Waals surface area contributed by atoms with Crippen molar-refractivity contribution < 1.29 is 8.42 Å². The molecule has 0 aromatic heterocycles. The van der Waals surface area contributed by atoms with E-state index in [2.05, 4.69) is 15.9 Å². The second-order valence-electron chi connectivity index (χ2n) is 4.06. The van der Waals surface area contributed by atoms with Gasteiger partial charge in [-0.3, -0.25) is 0 Å². The van der Waals surface area contributed by atoms with E-state index in [1.807, 2.05) is 13.0 Å². The van der Waals surface area contributed by atoms with Crippen LogP contribution in [0.3, 0.4) is 0 Å². The Morgan fingerprint density at radius 2 is 2.12 bits per heavy atom. The molecular formula is C11H14BrNO2S. The van der Waals surface area contributed by atoms with E-state index in [9.17, 15) is 8.42 Å². The lowest BCUT2D eigenvalue weighted by Crippen LogP contribution is -2.26. The summed E-state index contributed by atoms with van der Waals surface area (Å²) in [5.74, 6) is 0. The monoisotopic (exact) mass is 303 g/mol. The molecule has 2 N–H and O–H groups in total. The SMILES string of the molecule is CCCC1C(N)c2cccc(Br)c2S1(=O)=O. The first-order valence-corrected chi connectivity index (χ1v) is 7.62. The molecular weight excluding hydrogens is 290 g/mol. The van der Waals surface area contributed by atoms with E-state index < -0.39 is 21.1 Å². The molecule has 2 atom stereocenters. The quantitative estimate of drug-likeness (QED) is 0.912. The first kappa shape index (κ1) is 12.1. The summed E-state index contributed by atoms with van der Waals surface area (Å²) in [5.41, 5.74) is 6.76. The lowest BCUT2D eigenvalue weighted by atomic mass is 10.0. The minimum Gasteiger partial charge on any atom is -0.323 e. The summed E-state index contributed by atoms with van der Waals surface area (Å²) in [6.07, 6.45) is 1.44. The number of hydrogen-bond donors (Lipinski definition) is 1. The number of hydrogen-bond acceptors (Lipinski definition) is 3. The molecule has 1 heterocycles.